The number of ketones is 1. The fourth-order valence-corrected chi connectivity index (χ4v) is 3.97. The second kappa shape index (κ2) is 6.08. The molecule has 0 spiro atoms. The minimum atomic E-state index is -1.33. The summed E-state index contributed by atoms with van der Waals surface area (Å²) in [5.41, 5.74) is 4.11. The Bertz CT molecular complexity index is 904. The first kappa shape index (κ1) is 18.4. The van der Waals surface area contributed by atoms with Crippen LogP contribution in [0.4, 0.5) is 0 Å². The van der Waals surface area contributed by atoms with E-state index in [-0.39, 0.29) is 27.7 Å². The monoisotopic (exact) mass is 349 g/mol. The van der Waals surface area contributed by atoms with E-state index in [1.54, 1.807) is 18.2 Å². The van der Waals surface area contributed by atoms with E-state index in [0.29, 0.717) is 5.56 Å². The molecular weight excluding hydrogens is 324 g/mol. The minimum absolute atomic E-state index is 0.0124. The number of fused-ring (bicyclic) bond motifs is 1. The van der Waals surface area contributed by atoms with Gasteiger partial charge in [-0.1, -0.05) is 58.0 Å². The third kappa shape index (κ3) is 2.96. The lowest BCUT2D eigenvalue weighted by molar-refractivity contribution is -0.255. The van der Waals surface area contributed by atoms with Crippen molar-refractivity contribution in [1.82, 2.24) is 0 Å². The zero-order valence-corrected chi connectivity index (χ0v) is 16.1. The molecule has 0 saturated heterocycles. The molecule has 26 heavy (non-hydrogen) atoms. The van der Waals surface area contributed by atoms with Crippen LogP contribution < -0.4 is 5.11 Å². The molecule has 3 nitrogen and oxygen atoms in total. The number of rotatable bonds is 3. The third-order valence-corrected chi connectivity index (χ3v) is 5.83. The highest BCUT2D eigenvalue weighted by molar-refractivity contribution is 6.14. The van der Waals surface area contributed by atoms with Crippen LogP contribution in [0, 0.1) is 6.92 Å². The van der Waals surface area contributed by atoms with Crippen LogP contribution in [0.25, 0.3) is 0 Å². The Labute approximate surface area is 155 Å². The van der Waals surface area contributed by atoms with Gasteiger partial charge in [-0.25, -0.2) is 0 Å². The summed E-state index contributed by atoms with van der Waals surface area (Å²) in [7, 11) is 0. The van der Waals surface area contributed by atoms with Crippen LogP contribution in [0.15, 0.2) is 36.4 Å². The number of carboxylic acid groups (broad SMARTS) is 1. The number of benzene rings is 2. The molecule has 0 radical (unpaired) electrons. The van der Waals surface area contributed by atoms with Gasteiger partial charge in [-0.3, -0.25) is 4.79 Å². The van der Waals surface area contributed by atoms with Crippen molar-refractivity contribution < 1.29 is 14.7 Å². The Morgan fingerprint density at radius 1 is 0.846 bits per heavy atom. The Kier molecular flexibility index (Phi) is 4.30. The van der Waals surface area contributed by atoms with E-state index in [4.69, 9.17) is 0 Å². The molecule has 136 valence electrons. The van der Waals surface area contributed by atoms with Crippen molar-refractivity contribution >= 4 is 11.8 Å². The zero-order valence-electron chi connectivity index (χ0n) is 16.1. The standard InChI is InChI=1S/C23H26O3/c1-14-12-18-19(23(4,5)11-10-22(18,2)3)13-17(14)20(24)15-8-6-7-9-16(15)21(25)26/h6-9,12-13H,10-11H2,1-5H3,(H,25,26)/p-1. The Morgan fingerprint density at radius 3 is 1.88 bits per heavy atom. The van der Waals surface area contributed by atoms with Gasteiger partial charge in [-0.2, -0.15) is 0 Å². The molecule has 3 rings (SSSR count). The lowest BCUT2D eigenvalue weighted by Crippen LogP contribution is -2.34. The Morgan fingerprint density at radius 2 is 1.35 bits per heavy atom. The van der Waals surface area contributed by atoms with Crippen LogP contribution >= 0.6 is 0 Å². The largest absolute Gasteiger partial charge is 0.545 e. The number of carbonyl (C=O) groups excluding carboxylic acids is 2. The second-order valence-corrected chi connectivity index (χ2v) is 8.64. The lowest BCUT2D eigenvalue weighted by Gasteiger charge is -2.42. The maximum atomic E-state index is 13.2. The summed E-state index contributed by atoms with van der Waals surface area (Å²) < 4.78 is 0. The Hall–Kier alpha value is -2.42. The lowest BCUT2D eigenvalue weighted by atomic mass is 9.62. The smallest absolute Gasteiger partial charge is 0.193 e. The summed E-state index contributed by atoms with van der Waals surface area (Å²) in [6, 6.07) is 10.4. The van der Waals surface area contributed by atoms with Gasteiger partial charge in [0.25, 0.3) is 0 Å². The molecule has 0 fully saturated rings. The van der Waals surface area contributed by atoms with E-state index in [2.05, 4.69) is 33.8 Å². The Balaban J connectivity index is 2.19. The van der Waals surface area contributed by atoms with E-state index < -0.39 is 5.97 Å². The van der Waals surface area contributed by atoms with Gasteiger partial charge in [-0.05, 0) is 53.4 Å². The molecule has 0 heterocycles. The summed E-state index contributed by atoms with van der Waals surface area (Å²) in [5, 5.41) is 11.4. The van der Waals surface area contributed by atoms with E-state index in [1.165, 1.54) is 17.2 Å². The van der Waals surface area contributed by atoms with Gasteiger partial charge in [-0.15, -0.1) is 0 Å². The van der Waals surface area contributed by atoms with Crippen LogP contribution in [-0.2, 0) is 10.8 Å². The van der Waals surface area contributed by atoms with Crippen LogP contribution in [-0.4, -0.2) is 11.8 Å². The maximum absolute atomic E-state index is 13.2. The predicted molar refractivity (Wildman–Crippen MR) is 101 cm³/mol. The summed E-state index contributed by atoms with van der Waals surface area (Å²) >= 11 is 0. The first-order valence-corrected chi connectivity index (χ1v) is 9.05. The van der Waals surface area contributed by atoms with E-state index in [0.717, 1.165) is 18.4 Å². The number of hydrogen-bond donors (Lipinski definition) is 0. The molecule has 1 aliphatic rings. The maximum Gasteiger partial charge on any atom is 0.193 e. The van der Waals surface area contributed by atoms with Crippen molar-refractivity contribution in [2.45, 2.75) is 58.3 Å². The number of aromatic carboxylic acids is 1. The molecule has 0 amide bonds. The third-order valence-electron chi connectivity index (χ3n) is 5.83. The second-order valence-electron chi connectivity index (χ2n) is 8.64. The molecule has 0 unspecified atom stereocenters. The average Bonchev–Trinajstić information content (AvgIpc) is 2.58. The predicted octanol–water partition coefficient (Wildman–Crippen LogP) is 3.94. The van der Waals surface area contributed by atoms with Crippen LogP contribution in [0.1, 0.15) is 83.5 Å². The van der Waals surface area contributed by atoms with Gasteiger partial charge in [0.15, 0.2) is 5.78 Å². The first-order valence-electron chi connectivity index (χ1n) is 9.05. The van der Waals surface area contributed by atoms with E-state index in [1.807, 2.05) is 13.0 Å². The summed E-state index contributed by atoms with van der Waals surface area (Å²) in [6.45, 7) is 10.8. The molecular formula is C23H25O3-. The van der Waals surface area contributed by atoms with Gasteiger partial charge in [0.05, 0.1) is 5.97 Å². The van der Waals surface area contributed by atoms with E-state index in [9.17, 15) is 14.7 Å². The molecule has 0 bridgehead atoms. The van der Waals surface area contributed by atoms with Crippen molar-refractivity contribution in [3.8, 4) is 0 Å². The van der Waals surface area contributed by atoms with Crippen molar-refractivity contribution in [2.75, 3.05) is 0 Å². The van der Waals surface area contributed by atoms with Crippen molar-refractivity contribution in [3.63, 3.8) is 0 Å². The van der Waals surface area contributed by atoms with Crippen LogP contribution in [0.3, 0.4) is 0 Å². The van der Waals surface area contributed by atoms with Crippen molar-refractivity contribution in [1.29, 1.82) is 0 Å². The number of carboxylic acids is 1. The average molecular weight is 349 g/mol. The molecule has 0 atom stereocenters. The number of hydrogen-bond acceptors (Lipinski definition) is 3. The van der Waals surface area contributed by atoms with Gasteiger partial charge in [0, 0.05) is 16.7 Å². The quantitative estimate of drug-likeness (QED) is 0.789. The van der Waals surface area contributed by atoms with E-state index >= 15 is 0 Å². The highest BCUT2D eigenvalue weighted by atomic mass is 16.4. The number of aryl methyl sites for hydroxylation is 1. The van der Waals surface area contributed by atoms with Gasteiger partial charge >= 0.3 is 0 Å². The van der Waals surface area contributed by atoms with Crippen LogP contribution in [0.2, 0.25) is 0 Å². The van der Waals surface area contributed by atoms with Crippen molar-refractivity contribution in [2.24, 2.45) is 0 Å². The fourth-order valence-electron chi connectivity index (χ4n) is 3.97. The molecule has 3 heteroatoms. The topological polar surface area (TPSA) is 57.2 Å². The molecule has 2 aromatic rings. The summed E-state index contributed by atoms with van der Waals surface area (Å²) in [4.78, 5) is 24.6. The molecule has 1 aliphatic carbocycles. The van der Waals surface area contributed by atoms with Gasteiger partial charge < -0.3 is 9.90 Å². The first-order chi connectivity index (χ1) is 12.0. The highest BCUT2D eigenvalue weighted by Gasteiger charge is 2.38. The van der Waals surface area contributed by atoms with Crippen LogP contribution in [0.5, 0.6) is 0 Å². The minimum Gasteiger partial charge on any atom is -0.545 e. The molecule has 0 aliphatic heterocycles. The van der Waals surface area contributed by atoms with Crippen molar-refractivity contribution in [3.05, 3.63) is 69.8 Å². The molecule has 0 aromatic heterocycles. The molecule has 0 N–H and O–H groups in total. The zero-order chi connectivity index (χ0) is 19.3. The molecule has 0 saturated carbocycles. The molecule has 2 aromatic carbocycles. The summed E-state index contributed by atoms with van der Waals surface area (Å²) in [5.74, 6) is -1.59. The normalized spacial score (nSPS) is 17.4. The van der Waals surface area contributed by atoms with Gasteiger partial charge in [0.2, 0.25) is 0 Å². The number of carbonyl (C=O) groups is 2. The SMILES string of the molecule is Cc1cc2c(cc1C(=O)c1ccccc1C(=O)[O-])C(C)(C)CCC2(C)C. The highest BCUT2D eigenvalue weighted by Crippen LogP contribution is 2.46. The fraction of sp³-hybridized carbons (Fsp3) is 0.391. The summed E-state index contributed by atoms with van der Waals surface area (Å²) in [6.07, 6.45) is 2.16. The van der Waals surface area contributed by atoms with Gasteiger partial charge in [0.1, 0.15) is 0 Å².